The van der Waals surface area contributed by atoms with Gasteiger partial charge in [0.05, 0.1) is 16.6 Å². The number of allylic oxidation sites excluding steroid dienone is 5. The molecule has 10 atom stereocenters. The predicted molar refractivity (Wildman–Crippen MR) is 236 cm³/mol. The van der Waals surface area contributed by atoms with E-state index in [4.69, 9.17) is 4.74 Å². The number of halogens is 1. The predicted octanol–water partition coefficient (Wildman–Crippen LogP) is 11.8. The fraction of sp³-hybridized carbons (Fsp3) is 0.755. The summed E-state index contributed by atoms with van der Waals surface area (Å²) in [7, 11) is 0. The van der Waals surface area contributed by atoms with Crippen LogP contribution < -0.4 is 5.32 Å². The van der Waals surface area contributed by atoms with Crippen LogP contribution in [-0.4, -0.2) is 46.1 Å². The number of rotatable bonds is 10. The minimum atomic E-state index is -1.10. The Morgan fingerprint density at radius 3 is 2.22 bits per heavy atom. The smallest absolute Gasteiger partial charge is 0.315 e. The first-order chi connectivity index (χ1) is 27.8. The first kappa shape index (κ1) is 43.4. The maximum atomic E-state index is 14.8. The zero-order valence-electron chi connectivity index (χ0n) is 37.9. The summed E-state index contributed by atoms with van der Waals surface area (Å²) in [6.45, 7) is 22.2. The van der Waals surface area contributed by atoms with Crippen LogP contribution in [0.4, 0.5) is 4.39 Å². The lowest BCUT2D eigenvalue weighted by molar-refractivity contribution is -0.221. The number of fused-ring (bicyclic) bond motifs is 7. The minimum Gasteiger partial charge on any atom is -0.460 e. The molecule has 0 aromatic heterocycles. The topological polar surface area (TPSA) is 78.8 Å². The molecule has 326 valence electrons. The molecule has 0 saturated heterocycles. The third-order valence-corrected chi connectivity index (χ3v) is 19.8. The van der Waals surface area contributed by atoms with Crippen LogP contribution >= 0.6 is 0 Å². The van der Waals surface area contributed by atoms with Crippen molar-refractivity contribution in [3.63, 3.8) is 0 Å². The Labute approximate surface area is 356 Å². The second-order valence-corrected chi connectivity index (χ2v) is 23.2. The molecule has 8 rings (SSSR count). The van der Waals surface area contributed by atoms with Gasteiger partial charge in [-0.15, -0.1) is 0 Å². The quantitative estimate of drug-likeness (QED) is 0.162. The van der Waals surface area contributed by atoms with Gasteiger partial charge in [-0.3, -0.25) is 4.79 Å². The Morgan fingerprint density at radius 1 is 0.831 bits per heavy atom. The number of aliphatic hydroxyl groups is 2. The van der Waals surface area contributed by atoms with E-state index in [2.05, 4.69) is 65.6 Å². The number of hydrogen-bond acceptors (Lipinski definition) is 5. The van der Waals surface area contributed by atoms with Gasteiger partial charge in [0.15, 0.2) is 0 Å². The molecule has 0 bridgehead atoms. The number of ether oxygens (including phenoxy) is 1. The van der Waals surface area contributed by atoms with Gasteiger partial charge < -0.3 is 20.3 Å². The normalized spacial score (nSPS) is 45.2. The van der Waals surface area contributed by atoms with Crippen LogP contribution in [0, 0.1) is 56.7 Å². The molecule has 0 amide bonds. The molecule has 3 N–H and O–H groups in total. The molecule has 0 spiro atoms. The second kappa shape index (κ2) is 15.2. The van der Waals surface area contributed by atoms with Crippen molar-refractivity contribution in [1.82, 2.24) is 5.32 Å². The monoisotopic (exact) mass is 812 g/mol. The molecular formula is C53H78FNO4. The SMILES string of the molecule is C=C(C)C1CC[C@]2(NCCC3(O)CCC(C)(O)CC3)CC[C@]3(C)[C@H](CC[C@@H]4[C@@]5(C)CC=C(C6=CC[C@](CF)(C(=O)OCc7ccccc7)CC6)C(C)(C)[C@@H]5CC[C@]43C)[C@@H]12. The standard InChI is InChI=1S/C53H78FNO4/c1-36(2)39-18-25-53(55-33-32-52(58)29-26-47(5,57)27-30-52)31-28-49(7)41(44(39)53)14-15-43-48(6)21-19-40(46(3,4)42(48)20-22-50(43,49)8)38-16-23-51(35-54,24-17-38)45(56)59-34-37-12-10-9-11-13-37/h9-13,16,19,39,41-44,55,57-58H,1,14-15,17-18,20-35H2,2-8H3/t39?,41-,42+,43-,44-,47?,48+,49-,50-,51+,52?,53+/m1/s1. The van der Waals surface area contributed by atoms with E-state index in [1.807, 2.05) is 37.3 Å². The third kappa shape index (κ3) is 7.08. The van der Waals surface area contributed by atoms with Crippen molar-refractivity contribution in [2.45, 2.75) is 181 Å². The average molecular weight is 812 g/mol. The van der Waals surface area contributed by atoms with Crippen molar-refractivity contribution >= 4 is 5.97 Å². The van der Waals surface area contributed by atoms with Crippen LogP contribution in [0.3, 0.4) is 0 Å². The molecular weight excluding hydrogens is 734 g/mol. The lowest BCUT2D eigenvalue weighted by atomic mass is 9.33. The molecule has 0 radical (unpaired) electrons. The number of benzene rings is 1. The zero-order chi connectivity index (χ0) is 42.3. The molecule has 1 aromatic rings. The van der Waals surface area contributed by atoms with Crippen LogP contribution in [-0.2, 0) is 16.1 Å². The van der Waals surface area contributed by atoms with Crippen molar-refractivity contribution < 1.29 is 24.1 Å². The highest BCUT2D eigenvalue weighted by Crippen LogP contribution is 2.76. The van der Waals surface area contributed by atoms with Crippen molar-refractivity contribution in [2.75, 3.05) is 13.2 Å². The first-order valence-electron chi connectivity index (χ1n) is 23.8. The lowest BCUT2D eigenvalue weighted by Crippen LogP contribution is -2.68. The lowest BCUT2D eigenvalue weighted by Gasteiger charge is -2.72. The highest BCUT2D eigenvalue weighted by atomic mass is 19.1. The summed E-state index contributed by atoms with van der Waals surface area (Å²) in [4.78, 5) is 13.4. The van der Waals surface area contributed by atoms with E-state index in [-0.39, 0.29) is 33.8 Å². The first-order valence-corrected chi connectivity index (χ1v) is 23.8. The van der Waals surface area contributed by atoms with Gasteiger partial charge in [0.25, 0.3) is 0 Å². The Hall–Kier alpha value is -2.28. The van der Waals surface area contributed by atoms with Crippen LogP contribution in [0.15, 0.2) is 65.8 Å². The van der Waals surface area contributed by atoms with E-state index in [1.54, 1.807) is 0 Å². The summed E-state index contributed by atoms with van der Waals surface area (Å²) in [6, 6.07) is 9.68. The second-order valence-electron chi connectivity index (χ2n) is 23.2. The number of nitrogens with one attached hydrogen (secondary N) is 1. The molecule has 5 fully saturated rings. The van der Waals surface area contributed by atoms with Crippen LogP contribution in [0.25, 0.3) is 0 Å². The number of hydrogen-bond donors (Lipinski definition) is 3. The van der Waals surface area contributed by atoms with Crippen molar-refractivity contribution in [3.8, 4) is 0 Å². The summed E-state index contributed by atoms with van der Waals surface area (Å²) in [5, 5.41) is 26.3. The van der Waals surface area contributed by atoms with Gasteiger partial charge in [-0.1, -0.05) is 89.3 Å². The van der Waals surface area contributed by atoms with Gasteiger partial charge in [0, 0.05) is 5.54 Å². The summed E-state index contributed by atoms with van der Waals surface area (Å²) in [5.41, 5.74) is 3.41. The molecule has 7 aliphatic carbocycles. The fourth-order valence-electron chi connectivity index (χ4n) is 16.0. The highest BCUT2D eigenvalue weighted by Gasteiger charge is 2.70. The molecule has 5 saturated carbocycles. The summed E-state index contributed by atoms with van der Waals surface area (Å²) >= 11 is 0. The number of carbonyl (C=O) groups is 1. The molecule has 59 heavy (non-hydrogen) atoms. The average Bonchev–Trinajstić information content (AvgIpc) is 3.59. The maximum Gasteiger partial charge on any atom is 0.315 e. The fourth-order valence-corrected chi connectivity index (χ4v) is 16.0. The number of carbonyl (C=O) groups excluding carboxylic acids is 1. The van der Waals surface area contributed by atoms with E-state index in [0.29, 0.717) is 74.5 Å². The van der Waals surface area contributed by atoms with Crippen LogP contribution in [0.2, 0.25) is 0 Å². The Kier molecular flexibility index (Phi) is 11.2. The summed E-state index contributed by atoms with van der Waals surface area (Å²) in [6.07, 6.45) is 20.9. The molecule has 0 heterocycles. The van der Waals surface area contributed by atoms with Gasteiger partial charge in [-0.05, 0) is 198 Å². The van der Waals surface area contributed by atoms with Gasteiger partial charge >= 0.3 is 5.97 Å². The maximum absolute atomic E-state index is 14.8. The van der Waals surface area contributed by atoms with Gasteiger partial charge in [0.2, 0.25) is 0 Å². The van der Waals surface area contributed by atoms with Gasteiger partial charge in [-0.25, -0.2) is 4.39 Å². The highest BCUT2D eigenvalue weighted by molar-refractivity contribution is 5.78. The van der Waals surface area contributed by atoms with E-state index >= 15 is 0 Å². The van der Waals surface area contributed by atoms with Crippen LogP contribution in [0.1, 0.15) is 163 Å². The molecule has 1 unspecified atom stereocenters. The summed E-state index contributed by atoms with van der Waals surface area (Å²) in [5.74, 6) is 2.56. The van der Waals surface area contributed by atoms with Gasteiger partial charge in [-0.2, -0.15) is 0 Å². The van der Waals surface area contributed by atoms with Crippen molar-refractivity contribution in [2.24, 2.45) is 56.7 Å². The third-order valence-electron chi connectivity index (χ3n) is 19.8. The Balaban J connectivity index is 0.997. The van der Waals surface area contributed by atoms with E-state index < -0.39 is 29.3 Å². The number of esters is 1. The van der Waals surface area contributed by atoms with E-state index in [9.17, 15) is 19.4 Å². The van der Waals surface area contributed by atoms with Crippen LogP contribution in [0.5, 0.6) is 0 Å². The Morgan fingerprint density at radius 2 is 1.56 bits per heavy atom. The summed E-state index contributed by atoms with van der Waals surface area (Å²) < 4.78 is 20.5. The molecule has 6 heteroatoms. The molecule has 7 aliphatic rings. The molecule has 0 aliphatic heterocycles. The Bertz CT molecular complexity index is 1820. The van der Waals surface area contributed by atoms with Crippen molar-refractivity contribution in [3.05, 3.63) is 71.3 Å². The largest absolute Gasteiger partial charge is 0.460 e. The minimum absolute atomic E-state index is 0.0121. The number of alkyl halides is 1. The molecule has 1 aromatic carbocycles. The molecule has 5 nitrogen and oxygen atoms in total. The zero-order valence-corrected chi connectivity index (χ0v) is 37.9. The van der Waals surface area contributed by atoms with Gasteiger partial charge in [0.1, 0.15) is 13.3 Å². The van der Waals surface area contributed by atoms with E-state index in [0.717, 1.165) is 24.9 Å². The van der Waals surface area contributed by atoms with Crippen molar-refractivity contribution in [1.29, 1.82) is 0 Å². The van der Waals surface area contributed by atoms with E-state index in [1.165, 1.54) is 68.1 Å².